The van der Waals surface area contributed by atoms with Gasteiger partial charge in [-0.2, -0.15) is 0 Å². The summed E-state index contributed by atoms with van der Waals surface area (Å²) >= 11 is 0. The molecule has 6 rings (SSSR count). The standard InChI is InChI=1S/C28H32N2O5/c1-17-18(4-5-21-25(17)16-35-27(21)32)6-7-29-8-10-30(11-9-29)14-26(31)24-12-20-15-34-28(33)23(20)13-22(24)19-2-3-19/h4-5,12-13,19,26,31H,2-3,6-11,14-16H2,1H3. The van der Waals surface area contributed by atoms with Crippen LogP contribution in [0.3, 0.4) is 0 Å². The van der Waals surface area contributed by atoms with E-state index in [0.29, 0.717) is 36.8 Å². The highest BCUT2D eigenvalue weighted by atomic mass is 16.5. The molecule has 3 heterocycles. The van der Waals surface area contributed by atoms with E-state index in [0.717, 1.165) is 74.2 Å². The first-order chi connectivity index (χ1) is 17.0. The fourth-order valence-electron chi connectivity index (χ4n) is 5.73. The van der Waals surface area contributed by atoms with Crippen LogP contribution in [-0.2, 0) is 29.1 Å². The Morgan fingerprint density at radius 1 is 0.971 bits per heavy atom. The summed E-state index contributed by atoms with van der Waals surface area (Å²) in [6, 6.07) is 7.96. The summed E-state index contributed by atoms with van der Waals surface area (Å²) in [5, 5.41) is 11.2. The Labute approximate surface area is 205 Å². The van der Waals surface area contributed by atoms with E-state index in [1.54, 1.807) is 0 Å². The van der Waals surface area contributed by atoms with Crippen molar-refractivity contribution < 1.29 is 24.2 Å². The Morgan fingerprint density at radius 2 is 1.69 bits per heavy atom. The molecule has 1 saturated heterocycles. The van der Waals surface area contributed by atoms with Crippen LogP contribution in [0, 0.1) is 6.92 Å². The Hall–Kier alpha value is -2.74. The molecule has 0 aromatic heterocycles. The predicted octanol–water partition coefficient (Wildman–Crippen LogP) is 3.11. The third-order valence-electron chi connectivity index (χ3n) is 8.14. The molecule has 1 aliphatic carbocycles. The van der Waals surface area contributed by atoms with E-state index in [2.05, 4.69) is 22.8 Å². The number of esters is 2. The second-order valence-corrected chi connectivity index (χ2v) is 10.3. The van der Waals surface area contributed by atoms with Crippen molar-refractivity contribution in [2.24, 2.45) is 0 Å². The minimum Gasteiger partial charge on any atom is -0.457 e. The average molecular weight is 477 g/mol. The zero-order valence-corrected chi connectivity index (χ0v) is 20.2. The SMILES string of the molecule is Cc1c(CCN2CCN(CC(O)c3cc4c(cc3C3CC3)C(=O)OC4)CC2)ccc2c1COC2=O. The van der Waals surface area contributed by atoms with Gasteiger partial charge in [-0.3, -0.25) is 4.90 Å². The number of nitrogens with zero attached hydrogens (tertiary/aromatic N) is 2. The molecule has 0 bridgehead atoms. The van der Waals surface area contributed by atoms with Gasteiger partial charge in [0.1, 0.15) is 13.2 Å². The smallest absolute Gasteiger partial charge is 0.338 e. The van der Waals surface area contributed by atoms with Crippen LogP contribution in [0.5, 0.6) is 0 Å². The van der Waals surface area contributed by atoms with Crippen LogP contribution in [0.1, 0.15) is 79.0 Å². The highest BCUT2D eigenvalue weighted by Crippen LogP contribution is 2.44. The number of hydrogen-bond donors (Lipinski definition) is 1. The van der Waals surface area contributed by atoms with Crippen molar-refractivity contribution in [3.63, 3.8) is 0 Å². The van der Waals surface area contributed by atoms with Gasteiger partial charge in [-0.15, -0.1) is 0 Å². The van der Waals surface area contributed by atoms with E-state index in [9.17, 15) is 14.7 Å². The van der Waals surface area contributed by atoms with E-state index in [1.165, 1.54) is 11.1 Å². The molecule has 35 heavy (non-hydrogen) atoms. The van der Waals surface area contributed by atoms with Gasteiger partial charge in [0.05, 0.1) is 17.2 Å². The van der Waals surface area contributed by atoms with Crippen molar-refractivity contribution in [1.82, 2.24) is 9.80 Å². The van der Waals surface area contributed by atoms with Gasteiger partial charge in [0, 0.05) is 50.4 Å². The number of hydrogen-bond acceptors (Lipinski definition) is 7. The van der Waals surface area contributed by atoms with Gasteiger partial charge in [0.15, 0.2) is 0 Å². The molecule has 3 aliphatic heterocycles. The number of carbonyl (C=O) groups excluding carboxylic acids is 2. The lowest BCUT2D eigenvalue weighted by Crippen LogP contribution is -2.48. The first-order valence-corrected chi connectivity index (χ1v) is 12.7. The van der Waals surface area contributed by atoms with E-state index in [-0.39, 0.29) is 11.9 Å². The molecule has 0 spiro atoms. The Morgan fingerprint density at radius 3 is 2.46 bits per heavy atom. The number of aliphatic hydroxyl groups excluding tert-OH is 1. The number of piperazine rings is 1. The van der Waals surface area contributed by atoms with E-state index >= 15 is 0 Å². The third-order valence-corrected chi connectivity index (χ3v) is 8.14. The second kappa shape index (κ2) is 9.04. The maximum Gasteiger partial charge on any atom is 0.338 e. The van der Waals surface area contributed by atoms with Gasteiger partial charge in [-0.05, 0) is 72.6 Å². The van der Waals surface area contributed by atoms with Crippen molar-refractivity contribution in [3.05, 3.63) is 68.8 Å². The minimum atomic E-state index is -0.558. The zero-order valence-electron chi connectivity index (χ0n) is 20.2. The maximum absolute atomic E-state index is 12.0. The summed E-state index contributed by atoms with van der Waals surface area (Å²) in [4.78, 5) is 28.6. The molecule has 0 amide bonds. The number of rotatable bonds is 7. The van der Waals surface area contributed by atoms with Gasteiger partial charge in [-0.1, -0.05) is 6.07 Å². The topological polar surface area (TPSA) is 79.3 Å². The van der Waals surface area contributed by atoms with E-state index in [1.807, 2.05) is 18.2 Å². The van der Waals surface area contributed by atoms with E-state index in [4.69, 9.17) is 9.47 Å². The van der Waals surface area contributed by atoms with Crippen LogP contribution in [0.2, 0.25) is 0 Å². The molecule has 1 N–H and O–H groups in total. The van der Waals surface area contributed by atoms with Gasteiger partial charge in [0.25, 0.3) is 0 Å². The lowest BCUT2D eigenvalue weighted by molar-refractivity contribution is 0.0526. The third kappa shape index (κ3) is 4.37. The molecule has 7 nitrogen and oxygen atoms in total. The quantitative estimate of drug-likeness (QED) is 0.615. The van der Waals surface area contributed by atoms with Crippen molar-refractivity contribution in [2.75, 3.05) is 39.3 Å². The number of cyclic esters (lactones) is 2. The fraction of sp³-hybridized carbons (Fsp3) is 0.500. The summed E-state index contributed by atoms with van der Waals surface area (Å²) < 4.78 is 10.4. The lowest BCUT2D eigenvalue weighted by atomic mass is 9.93. The normalized spacial score (nSPS) is 21.0. The number of aliphatic hydroxyl groups is 1. The average Bonchev–Trinajstić information content (AvgIpc) is 3.55. The molecule has 0 radical (unpaired) electrons. The van der Waals surface area contributed by atoms with Crippen molar-refractivity contribution >= 4 is 11.9 Å². The van der Waals surface area contributed by atoms with Crippen LogP contribution in [0.4, 0.5) is 0 Å². The molecule has 2 aromatic carbocycles. The maximum atomic E-state index is 12.0. The molecule has 1 saturated carbocycles. The van der Waals surface area contributed by atoms with E-state index < -0.39 is 6.10 Å². The Balaban J connectivity index is 1.04. The van der Waals surface area contributed by atoms with Gasteiger partial charge < -0.3 is 19.5 Å². The summed E-state index contributed by atoms with van der Waals surface area (Å²) in [6.07, 6.45) is 2.65. The first-order valence-electron chi connectivity index (χ1n) is 12.7. The second-order valence-electron chi connectivity index (χ2n) is 10.3. The lowest BCUT2D eigenvalue weighted by Gasteiger charge is -2.36. The highest BCUT2D eigenvalue weighted by Gasteiger charge is 2.33. The van der Waals surface area contributed by atoms with Crippen LogP contribution in [0.25, 0.3) is 0 Å². The number of β-amino-alcohol motifs (C(OH)–C–C–N with tert-alkyl or cyclic N) is 1. The number of benzene rings is 2. The number of carbonyl (C=O) groups is 2. The number of fused-ring (bicyclic) bond motifs is 2. The van der Waals surface area contributed by atoms with Gasteiger partial charge in [0.2, 0.25) is 0 Å². The van der Waals surface area contributed by atoms with Crippen molar-refractivity contribution in [3.8, 4) is 0 Å². The molecule has 2 fully saturated rings. The molecular formula is C28H32N2O5. The molecule has 184 valence electrons. The van der Waals surface area contributed by atoms with Crippen LogP contribution in [-0.4, -0.2) is 66.1 Å². The summed E-state index contributed by atoms with van der Waals surface area (Å²) in [6.45, 7) is 8.18. The van der Waals surface area contributed by atoms with Crippen LogP contribution >= 0.6 is 0 Å². The first kappa shape index (κ1) is 22.7. The molecular weight excluding hydrogens is 444 g/mol. The summed E-state index contributed by atoms with van der Waals surface area (Å²) in [5.74, 6) is 0.0115. The highest BCUT2D eigenvalue weighted by molar-refractivity contribution is 5.94. The zero-order chi connectivity index (χ0) is 24.1. The van der Waals surface area contributed by atoms with Gasteiger partial charge in [-0.25, -0.2) is 9.59 Å². The van der Waals surface area contributed by atoms with Gasteiger partial charge >= 0.3 is 11.9 Å². The molecule has 1 unspecified atom stereocenters. The molecule has 7 heteroatoms. The monoisotopic (exact) mass is 476 g/mol. The van der Waals surface area contributed by atoms with Crippen LogP contribution in [0.15, 0.2) is 24.3 Å². The van der Waals surface area contributed by atoms with Crippen LogP contribution < -0.4 is 0 Å². The Bertz CT molecular complexity index is 1180. The van der Waals surface area contributed by atoms with Crippen molar-refractivity contribution in [2.45, 2.75) is 51.4 Å². The molecule has 1 atom stereocenters. The molecule has 4 aliphatic rings. The largest absolute Gasteiger partial charge is 0.457 e. The van der Waals surface area contributed by atoms with Crippen molar-refractivity contribution in [1.29, 1.82) is 0 Å². The Kier molecular flexibility index (Phi) is 5.87. The predicted molar refractivity (Wildman–Crippen MR) is 129 cm³/mol. The minimum absolute atomic E-state index is 0.209. The molecule has 2 aromatic rings. The summed E-state index contributed by atoms with van der Waals surface area (Å²) in [5.41, 5.74) is 7.90. The number of ether oxygens (including phenoxy) is 2. The summed E-state index contributed by atoms with van der Waals surface area (Å²) in [7, 11) is 0. The fourth-order valence-corrected chi connectivity index (χ4v) is 5.73.